The van der Waals surface area contributed by atoms with E-state index in [4.69, 9.17) is 0 Å². The van der Waals surface area contributed by atoms with Crippen LogP contribution in [-0.2, 0) is 6.54 Å². The van der Waals surface area contributed by atoms with Gasteiger partial charge in [-0.1, -0.05) is 13.8 Å². The molecule has 0 saturated heterocycles. The number of nitrogens with one attached hydrogen (secondary N) is 1. The van der Waals surface area contributed by atoms with Gasteiger partial charge in [-0.25, -0.2) is 0 Å². The molecule has 0 saturated carbocycles. The molecule has 0 aliphatic carbocycles. The van der Waals surface area contributed by atoms with Crippen LogP contribution in [0.5, 0.6) is 0 Å². The van der Waals surface area contributed by atoms with Crippen molar-refractivity contribution in [3.63, 3.8) is 0 Å². The third kappa shape index (κ3) is 6.50. The molecule has 1 heterocycles. The monoisotopic (exact) mass is 265 g/mol. The summed E-state index contributed by atoms with van der Waals surface area (Å²) in [7, 11) is 6.25. The van der Waals surface area contributed by atoms with E-state index < -0.39 is 0 Å². The lowest BCUT2D eigenvalue weighted by Gasteiger charge is -2.19. The lowest BCUT2D eigenvalue weighted by atomic mass is 10.3. The molecule has 0 aliphatic rings. The molecule has 19 heavy (non-hydrogen) atoms. The zero-order chi connectivity index (χ0) is 14.3. The van der Waals surface area contributed by atoms with Gasteiger partial charge in [0.1, 0.15) is 0 Å². The van der Waals surface area contributed by atoms with Crippen LogP contribution >= 0.6 is 0 Å². The summed E-state index contributed by atoms with van der Waals surface area (Å²) in [5.74, 6) is 0.937. The molecular weight excluding hydrogens is 238 g/mol. The molecule has 1 aromatic rings. The third-order valence-electron chi connectivity index (χ3n) is 2.89. The summed E-state index contributed by atoms with van der Waals surface area (Å²) in [5, 5.41) is 11.9. The average molecular weight is 265 g/mol. The minimum absolute atomic E-state index is 0.468. The summed E-state index contributed by atoms with van der Waals surface area (Å²) < 4.78 is 0. The van der Waals surface area contributed by atoms with Crippen molar-refractivity contribution in [1.29, 1.82) is 0 Å². The van der Waals surface area contributed by atoms with Gasteiger partial charge < -0.3 is 15.1 Å². The van der Waals surface area contributed by atoms with Gasteiger partial charge in [-0.2, -0.15) is 5.10 Å². The number of nitrogens with zero attached hydrogens (tertiary/aromatic N) is 4. The SMILES string of the molecule is CC(C)NCc1ccc(N(C)CCCN(C)C)nn1. The average Bonchev–Trinajstić information content (AvgIpc) is 2.36. The molecule has 5 heteroatoms. The van der Waals surface area contributed by atoms with Gasteiger partial charge in [-0.3, -0.25) is 0 Å². The second kappa shape index (κ2) is 8.07. The zero-order valence-electron chi connectivity index (χ0n) is 12.8. The van der Waals surface area contributed by atoms with E-state index in [2.05, 4.69) is 60.3 Å². The Morgan fingerprint density at radius 1 is 1.11 bits per heavy atom. The summed E-state index contributed by atoms with van der Waals surface area (Å²) in [6, 6.07) is 4.55. The van der Waals surface area contributed by atoms with E-state index in [0.717, 1.165) is 37.6 Å². The minimum Gasteiger partial charge on any atom is -0.358 e. The number of aromatic nitrogens is 2. The normalized spacial score (nSPS) is 11.3. The molecule has 0 amide bonds. The molecule has 108 valence electrons. The van der Waals surface area contributed by atoms with E-state index >= 15 is 0 Å². The minimum atomic E-state index is 0.468. The molecule has 0 fully saturated rings. The Morgan fingerprint density at radius 2 is 1.84 bits per heavy atom. The first kappa shape index (κ1) is 15.9. The van der Waals surface area contributed by atoms with Crippen molar-refractivity contribution in [3.8, 4) is 0 Å². The van der Waals surface area contributed by atoms with E-state index in [0.29, 0.717) is 6.04 Å². The first-order valence-electron chi connectivity index (χ1n) is 6.91. The third-order valence-corrected chi connectivity index (χ3v) is 2.89. The van der Waals surface area contributed by atoms with E-state index in [-0.39, 0.29) is 0 Å². The van der Waals surface area contributed by atoms with Gasteiger partial charge in [0.15, 0.2) is 5.82 Å². The summed E-state index contributed by atoms with van der Waals surface area (Å²) >= 11 is 0. The molecule has 5 nitrogen and oxygen atoms in total. The zero-order valence-corrected chi connectivity index (χ0v) is 12.8. The molecule has 0 bridgehead atoms. The molecule has 0 atom stereocenters. The summed E-state index contributed by atoms with van der Waals surface area (Å²) in [5.41, 5.74) is 0.985. The Morgan fingerprint density at radius 3 is 2.37 bits per heavy atom. The topological polar surface area (TPSA) is 44.3 Å². The van der Waals surface area contributed by atoms with Crippen LogP contribution in [0.3, 0.4) is 0 Å². The molecule has 0 aromatic carbocycles. The van der Waals surface area contributed by atoms with Gasteiger partial charge >= 0.3 is 0 Å². The summed E-state index contributed by atoms with van der Waals surface area (Å²) in [6.45, 7) is 7.11. The number of hydrogen-bond acceptors (Lipinski definition) is 5. The van der Waals surface area contributed by atoms with Gasteiger partial charge in [-0.05, 0) is 39.2 Å². The highest BCUT2D eigenvalue weighted by Gasteiger charge is 2.04. The van der Waals surface area contributed by atoms with E-state index in [1.807, 2.05) is 12.1 Å². The van der Waals surface area contributed by atoms with Crippen LogP contribution < -0.4 is 10.2 Å². The van der Waals surface area contributed by atoms with Crippen LogP contribution in [0.25, 0.3) is 0 Å². The van der Waals surface area contributed by atoms with Crippen LogP contribution in [0.4, 0.5) is 5.82 Å². The van der Waals surface area contributed by atoms with Crippen LogP contribution in [0, 0.1) is 0 Å². The van der Waals surface area contributed by atoms with E-state index in [9.17, 15) is 0 Å². The number of rotatable bonds is 8. The molecule has 1 aromatic heterocycles. The van der Waals surface area contributed by atoms with Crippen molar-refractivity contribution in [2.45, 2.75) is 32.9 Å². The smallest absolute Gasteiger partial charge is 0.150 e. The second-order valence-electron chi connectivity index (χ2n) is 5.50. The Balaban J connectivity index is 2.41. The van der Waals surface area contributed by atoms with Gasteiger partial charge in [0.25, 0.3) is 0 Å². The Hall–Kier alpha value is -1.20. The lowest BCUT2D eigenvalue weighted by molar-refractivity contribution is 0.401. The van der Waals surface area contributed by atoms with Crippen LogP contribution in [-0.4, -0.2) is 55.4 Å². The van der Waals surface area contributed by atoms with Crippen molar-refractivity contribution in [2.75, 3.05) is 39.1 Å². The number of hydrogen-bond donors (Lipinski definition) is 1. The van der Waals surface area contributed by atoms with Crippen LogP contribution in [0.1, 0.15) is 26.0 Å². The Labute approximate surface area is 117 Å². The van der Waals surface area contributed by atoms with E-state index in [1.165, 1.54) is 0 Å². The first-order chi connectivity index (χ1) is 8.99. The van der Waals surface area contributed by atoms with Gasteiger partial charge in [0, 0.05) is 26.2 Å². The highest BCUT2D eigenvalue weighted by Crippen LogP contribution is 2.08. The highest BCUT2D eigenvalue weighted by atomic mass is 15.2. The summed E-state index contributed by atoms with van der Waals surface area (Å²) in [6.07, 6.45) is 1.13. The maximum Gasteiger partial charge on any atom is 0.150 e. The molecule has 0 radical (unpaired) electrons. The molecule has 0 unspecified atom stereocenters. The van der Waals surface area contributed by atoms with Gasteiger partial charge in [0.05, 0.1) is 5.69 Å². The summed E-state index contributed by atoms with van der Waals surface area (Å²) in [4.78, 5) is 4.34. The van der Waals surface area contributed by atoms with Crippen LogP contribution in [0.15, 0.2) is 12.1 Å². The van der Waals surface area contributed by atoms with Crippen LogP contribution in [0.2, 0.25) is 0 Å². The predicted molar refractivity (Wildman–Crippen MR) is 80.4 cm³/mol. The quantitative estimate of drug-likeness (QED) is 0.769. The van der Waals surface area contributed by atoms with Crippen molar-refractivity contribution in [2.24, 2.45) is 0 Å². The molecule has 1 rings (SSSR count). The van der Waals surface area contributed by atoms with E-state index in [1.54, 1.807) is 0 Å². The van der Waals surface area contributed by atoms with Gasteiger partial charge in [0.2, 0.25) is 0 Å². The largest absolute Gasteiger partial charge is 0.358 e. The lowest BCUT2D eigenvalue weighted by Crippen LogP contribution is -2.25. The fraction of sp³-hybridized carbons (Fsp3) is 0.714. The molecular formula is C14H27N5. The van der Waals surface area contributed by atoms with Crippen molar-refractivity contribution < 1.29 is 0 Å². The second-order valence-corrected chi connectivity index (χ2v) is 5.50. The molecule has 0 aliphatic heterocycles. The Kier molecular flexibility index (Phi) is 6.73. The fourth-order valence-electron chi connectivity index (χ4n) is 1.70. The Bertz CT molecular complexity index is 347. The van der Waals surface area contributed by atoms with Crippen molar-refractivity contribution >= 4 is 5.82 Å². The maximum absolute atomic E-state index is 4.28. The molecule has 1 N–H and O–H groups in total. The predicted octanol–water partition coefficient (Wildman–Crippen LogP) is 1.36. The van der Waals surface area contributed by atoms with Crippen molar-refractivity contribution in [3.05, 3.63) is 17.8 Å². The fourth-order valence-corrected chi connectivity index (χ4v) is 1.70. The maximum atomic E-state index is 4.28. The molecule has 0 spiro atoms. The highest BCUT2D eigenvalue weighted by molar-refractivity contribution is 5.35. The van der Waals surface area contributed by atoms with Crippen molar-refractivity contribution in [1.82, 2.24) is 20.4 Å². The first-order valence-corrected chi connectivity index (χ1v) is 6.91. The van der Waals surface area contributed by atoms with Gasteiger partial charge in [-0.15, -0.1) is 5.10 Å². The standard InChI is InChI=1S/C14H27N5/c1-12(2)15-11-13-7-8-14(17-16-13)19(5)10-6-9-18(3)4/h7-8,12,15H,6,9-11H2,1-5H3. The number of anilines is 1.